The van der Waals surface area contributed by atoms with Gasteiger partial charge in [-0.25, -0.2) is 13.2 Å². The molecule has 9 heteroatoms. The molecule has 1 aromatic heterocycles. The summed E-state index contributed by atoms with van der Waals surface area (Å²) in [6, 6.07) is 8.43. The first-order valence-electron chi connectivity index (χ1n) is 12.0. The molecule has 0 bridgehead atoms. The van der Waals surface area contributed by atoms with Crippen LogP contribution < -0.4 is 4.74 Å². The average molecular weight is 512 g/mol. The van der Waals surface area contributed by atoms with Crippen LogP contribution in [0.5, 0.6) is 5.75 Å². The van der Waals surface area contributed by atoms with E-state index in [-0.39, 0.29) is 11.8 Å². The fourth-order valence-corrected chi connectivity index (χ4v) is 4.52. The van der Waals surface area contributed by atoms with Crippen LogP contribution in [0.1, 0.15) is 17.5 Å². The Morgan fingerprint density at radius 1 is 1.08 bits per heavy atom. The number of benzene rings is 2. The van der Waals surface area contributed by atoms with Crippen molar-refractivity contribution >= 4 is 16.9 Å². The van der Waals surface area contributed by atoms with Crippen LogP contribution in [0.4, 0.5) is 13.2 Å². The fourth-order valence-electron chi connectivity index (χ4n) is 4.52. The molecule has 0 saturated carbocycles. The second kappa shape index (κ2) is 12.1. The van der Waals surface area contributed by atoms with Gasteiger partial charge in [-0.05, 0) is 61.3 Å². The van der Waals surface area contributed by atoms with Crippen LogP contribution in [0, 0.1) is 29.3 Å². The zero-order valence-electron chi connectivity index (χ0n) is 20.8. The zero-order chi connectivity index (χ0) is 26.4. The maximum atomic E-state index is 14.7. The van der Waals surface area contributed by atoms with Crippen LogP contribution in [0.2, 0.25) is 0 Å². The van der Waals surface area contributed by atoms with Crippen LogP contribution in [0.15, 0.2) is 42.6 Å². The highest BCUT2D eigenvalue weighted by Gasteiger charge is 2.32. The molecule has 1 saturated heterocycles. The Morgan fingerprint density at radius 2 is 1.92 bits per heavy atom. The summed E-state index contributed by atoms with van der Waals surface area (Å²) in [5.74, 6) is 3.87. The van der Waals surface area contributed by atoms with E-state index in [1.54, 1.807) is 25.3 Å². The van der Waals surface area contributed by atoms with E-state index < -0.39 is 17.7 Å². The van der Waals surface area contributed by atoms with Crippen molar-refractivity contribution in [2.75, 3.05) is 46.9 Å². The summed E-state index contributed by atoms with van der Waals surface area (Å²) in [5, 5.41) is 0.716. The van der Waals surface area contributed by atoms with E-state index in [4.69, 9.17) is 9.47 Å². The van der Waals surface area contributed by atoms with Gasteiger partial charge < -0.3 is 9.47 Å². The highest BCUT2D eigenvalue weighted by molar-refractivity contribution is 5.83. The number of nitrogens with zero attached hydrogens (tertiary/aromatic N) is 3. The fraction of sp³-hybridized carbons (Fsp3) is 0.357. The molecule has 0 radical (unpaired) electrons. The number of halogens is 3. The molecule has 3 aromatic rings. The smallest absolute Gasteiger partial charge is 0.324 e. The van der Waals surface area contributed by atoms with E-state index in [9.17, 15) is 18.0 Å². The summed E-state index contributed by atoms with van der Waals surface area (Å²) in [7, 11) is 2.92. The molecule has 37 heavy (non-hydrogen) atoms. The molecule has 0 unspecified atom stereocenters. The average Bonchev–Trinajstić information content (AvgIpc) is 2.91. The number of ether oxygens (including phenoxy) is 2. The van der Waals surface area contributed by atoms with Gasteiger partial charge in [0.15, 0.2) is 11.6 Å². The molecule has 0 spiro atoms. The lowest BCUT2D eigenvalue weighted by Gasteiger charge is -2.39. The summed E-state index contributed by atoms with van der Waals surface area (Å²) in [5.41, 5.74) is 1.66. The predicted molar refractivity (Wildman–Crippen MR) is 134 cm³/mol. The van der Waals surface area contributed by atoms with Gasteiger partial charge in [-0.1, -0.05) is 11.8 Å². The van der Waals surface area contributed by atoms with Crippen LogP contribution >= 0.6 is 0 Å². The minimum atomic E-state index is -0.940. The first kappa shape index (κ1) is 26.5. The number of carbonyl (C=O) groups is 1. The molecular weight excluding hydrogens is 483 g/mol. The van der Waals surface area contributed by atoms with Crippen LogP contribution in [-0.2, 0) is 16.0 Å². The normalized spacial score (nSPS) is 16.3. The number of hydrogen-bond donors (Lipinski definition) is 0. The topological polar surface area (TPSA) is 54.9 Å². The zero-order valence-corrected chi connectivity index (χ0v) is 20.8. The van der Waals surface area contributed by atoms with Crippen LogP contribution in [0.3, 0.4) is 0 Å². The molecule has 4 rings (SSSR count). The van der Waals surface area contributed by atoms with Crippen molar-refractivity contribution in [1.82, 2.24) is 14.8 Å². The molecular formula is C28H28F3N3O3. The number of piperazine rings is 1. The molecule has 1 aliphatic rings. The van der Waals surface area contributed by atoms with Gasteiger partial charge in [0.25, 0.3) is 0 Å². The Morgan fingerprint density at radius 3 is 2.68 bits per heavy atom. The number of carbonyl (C=O) groups excluding carboxylic acids is 1. The number of hydrogen-bond acceptors (Lipinski definition) is 6. The van der Waals surface area contributed by atoms with E-state index in [0.29, 0.717) is 73.3 Å². The first-order valence-corrected chi connectivity index (χ1v) is 12.0. The van der Waals surface area contributed by atoms with Crippen molar-refractivity contribution < 1.29 is 27.4 Å². The number of aryl methyl sites for hydroxylation is 1. The molecule has 2 aromatic carbocycles. The van der Waals surface area contributed by atoms with Gasteiger partial charge in [0.2, 0.25) is 0 Å². The Hall–Kier alpha value is -3.61. The van der Waals surface area contributed by atoms with Gasteiger partial charge in [-0.15, -0.1) is 0 Å². The van der Waals surface area contributed by atoms with Crippen molar-refractivity contribution in [2.45, 2.75) is 18.9 Å². The number of esters is 1. The van der Waals surface area contributed by atoms with E-state index >= 15 is 0 Å². The summed E-state index contributed by atoms with van der Waals surface area (Å²) in [6.07, 6.45) is 2.35. The van der Waals surface area contributed by atoms with E-state index in [1.165, 1.54) is 19.4 Å². The standard InChI is InChI=1S/C28H28F3N3O3/c1-36-20-8-10-26-22(16-20)21(25(31)17-32-26)6-4-12-34-14-13-33(18-27(34)28(35)37-2)11-3-5-19-7-9-23(29)24(30)15-19/h7-10,15-17,27H,4,6,11-14,18H2,1-2H3/t27-/m1/s1. The Balaban J connectivity index is 1.39. The third kappa shape index (κ3) is 6.40. The van der Waals surface area contributed by atoms with Crippen molar-refractivity contribution in [3.63, 3.8) is 0 Å². The summed E-state index contributed by atoms with van der Waals surface area (Å²) < 4.78 is 51.5. The van der Waals surface area contributed by atoms with Crippen LogP contribution in [-0.4, -0.2) is 73.7 Å². The summed E-state index contributed by atoms with van der Waals surface area (Å²) in [4.78, 5) is 20.8. The molecule has 1 atom stereocenters. The monoisotopic (exact) mass is 511 g/mol. The molecule has 1 aliphatic heterocycles. The molecule has 6 nitrogen and oxygen atoms in total. The van der Waals surface area contributed by atoms with Crippen LogP contribution in [0.25, 0.3) is 10.9 Å². The third-order valence-electron chi connectivity index (χ3n) is 6.51. The third-order valence-corrected chi connectivity index (χ3v) is 6.51. The quantitative estimate of drug-likeness (QED) is 0.355. The molecule has 194 valence electrons. The Kier molecular flexibility index (Phi) is 8.64. The summed E-state index contributed by atoms with van der Waals surface area (Å²) in [6.45, 7) is 2.66. The maximum absolute atomic E-state index is 14.7. The Labute approximate surface area is 214 Å². The molecule has 0 N–H and O–H groups in total. The van der Waals surface area contributed by atoms with Gasteiger partial charge in [0.1, 0.15) is 17.6 Å². The second-order valence-corrected chi connectivity index (χ2v) is 8.81. The summed E-state index contributed by atoms with van der Waals surface area (Å²) >= 11 is 0. The lowest BCUT2D eigenvalue weighted by molar-refractivity contribution is -0.149. The van der Waals surface area contributed by atoms with Gasteiger partial charge >= 0.3 is 5.97 Å². The van der Waals surface area contributed by atoms with E-state index in [2.05, 4.69) is 16.8 Å². The molecule has 0 amide bonds. The van der Waals surface area contributed by atoms with Crippen molar-refractivity contribution in [1.29, 1.82) is 0 Å². The molecule has 2 heterocycles. The van der Waals surface area contributed by atoms with Gasteiger partial charge in [0, 0.05) is 30.6 Å². The van der Waals surface area contributed by atoms with E-state index in [0.717, 1.165) is 12.1 Å². The first-order chi connectivity index (χ1) is 17.9. The minimum Gasteiger partial charge on any atom is -0.497 e. The number of rotatable bonds is 7. The maximum Gasteiger partial charge on any atom is 0.324 e. The molecule has 0 aliphatic carbocycles. The highest BCUT2D eigenvalue weighted by atomic mass is 19.2. The lowest BCUT2D eigenvalue weighted by atomic mass is 10.0. The number of methoxy groups -OCH3 is 2. The predicted octanol–water partition coefficient (Wildman–Crippen LogP) is 3.80. The van der Waals surface area contributed by atoms with Gasteiger partial charge in [-0.2, -0.15) is 0 Å². The minimum absolute atomic E-state index is 0.344. The van der Waals surface area contributed by atoms with Gasteiger partial charge in [-0.3, -0.25) is 19.6 Å². The van der Waals surface area contributed by atoms with Crippen molar-refractivity contribution in [2.24, 2.45) is 0 Å². The largest absolute Gasteiger partial charge is 0.497 e. The van der Waals surface area contributed by atoms with Gasteiger partial charge in [0.05, 0.1) is 32.5 Å². The highest BCUT2D eigenvalue weighted by Crippen LogP contribution is 2.26. The Bertz CT molecular complexity index is 1340. The number of pyridine rings is 1. The van der Waals surface area contributed by atoms with Crippen molar-refractivity contribution in [3.8, 4) is 17.6 Å². The molecule has 1 fully saturated rings. The number of fused-ring (bicyclic) bond motifs is 1. The van der Waals surface area contributed by atoms with Crippen molar-refractivity contribution in [3.05, 3.63) is 71.2 Å². The SMILES string of the molecule is COC(=O)[C@H]1CN(CC#Cc2ccc(F)c(F)c2)CCN1CCCc1c(F)cnc2ccc(OC)cc12. The second-order valence-electron chi connectivity index (χ2n) is 8.81. The van der Waals surface area contributed by atoms with E-state index in [1.807, 2.05) is 9.80 Å². The number of aromatic nitrogens is 1. The lowest BCUT2D eigenvalue weighted by Crippen LogP contribution is -2.56.